The average Bonchev–Trinajstić information content (AvgIpc) is 2.40. The molecule has 0 spiro atoms. The van der Waals surface area contributed by atoms with E-state index in [0.29, 0.717) is 0 Å². The molecule has 106 valence electrons. The van der Waals surface area contributed by atoms with Crippen molar-refractivity contribution in [1.82, 2.24) is 10.6 Å². The van der Waals surface area contributed by atoms with Crippen LogP contribution in [0.5, 0.6) is 0 Å². The van der Waals surface area contributed by atoms with Gasteiger partial charge in [0.05, 0.1) is 0 Å². The molecule has 2 N–H and O–H groups in total. The minimum atomic E-state index is 0.795. The highest BCUT2D eigenvalue weighted by Crippen LogP contribution is 2.17. The molecule has 4 nitrogen and oxygen atoms in total. The molecule has 0 heterocycles. The third-order valence-electron chi connectivity index (χ3n) is 3.05. The van der Waals surface area contributed by atoms with Crippen molar-refractivity contribution in [1.29, 1.82) is 0 Å². The number of aryl methyl sites for hydroxylation is 1. The molecule has 0 bridgehead atoms. The van der Waals surface area contributed by atoms with Gasteiger partial charge in [-0.15, -0.1) is 0 Å². The van der Waals surface area contributed by atoms with Crippen LogP contribution in [0.25, 0.3) is 0 Å². The Morgan fingerprint density at radius 1 is 1.26 bits per heavy atom. The molecule has 0 aliphatic heterocycles. The zero-order valence-electron chi connectivity index (χ0n) is 12.7. The van der Waals surface area contributed by atoms with E-state index in [2.05, 4.69) is 66.7 Å². The fourth-order valence-electron chi connectivity index (χ4n) is 1.80. The van der Waals surface area contributed by atoms with Crippen molar-refractivity contribution < 1.29 is 0 Å². The Bertz CT molecular complexity index is 424. The second-order valence-corrected chi connectivity index (χ2v) is 4.86. The molecule has 0 fully saturated rings. The summed E-state index contributed by atoms with van der Waals surface area (Å²) in [5.74, 6) is 0.859. The number of guanidine groups is 1. The average molecular weight is 262 g/mol. The summed E-state index contributed by atoms with van der Waals surface area (Å²) < 4.78 is 0. The number of hydrogen-bond acceptors (Lipinski definition) is 2. The van der Waals surface area contributed by atoms with Crippen molar-refractivity contribution >= 4 is 11.6 Å². The van der Waals surface area contributed by atoms with Crippen LogP contribution in [0.2, 0.25) is 0 Å². The van der Waals surface area contributed by atoms with Crippen LogP contribution in [-0.4, -0.2) is 33.6 Å². The van der Waals surface area contributed by atoms with Crippen molar-refractivity contribution in [2.24, 2.45) is 4.99 Å². The lowest BCUT2D eigenvalue weighted by molar-refractivity contribution is 0.780. The predicted molar refractivity (Wildman–Crippen MR) is 84.0 cm³/mol. The van der Waals surface area contributed by atoms with Crippen LogP contribution in [0.4, 0.5) is 5.69 Å². The normalized spacial score (nSPS) is 11.3. The highest BCUT2D eigenvalue weighted by molar-refractivity contribution is 5.79. The molecule has 0 radical (unpaired) electrons. The molecule has 0 saturated heterocycles. The number of anilines is 1. The molecule has 0 aliphatic carbocycles. The minimum Gasteiger partial charge on any atom is -0.378 e. The number of hydrogen-bond donors (Lipinski definition) is 2. The van der Waals surface area contributed by atoms with Crippen molar-refractivity contribution in [3.63, 3.8) is 0 Å². The first-order chi connectivity index (χ1) is 9.08. The number of nitrogens with one attached hydrogen (secondary N) is 2. The number of aliphatic imine (C=N–C) groups is 1. The van der Waals surface area contributed by atoms with Gasteiger partial charge in [0.15, 0.2) is 5.96 Å². The van der Waals surface area contributed by atoms with Gasteiger partial charge in [-0.2, -0.15) is 0 Å². The van der Waals surface area contributed by atoms with Gasteiger partial charge in [0.2, 0.25) is 0 Å². The summed E-state index contributed by atoms with van der Waals surface area (Å²) in [6, 6.07) is 6.52. The van der Waals surface area contributed by atoms with E-state index in [1.54, 1.807) is 7.05 Å². The SMILES string of the molecule is CCCNC(=NC)NCc1ccc(N(C)C)cc1C. The van der Waals surface area contributed by atoms with Gasteiger partial charge in [-0.05, 0) is 36.6 Å². The smallest absolute Gasteiger partial charge is 0.191 e. The molecule has 4 heteroatoms. The Kier molecular flexibility index (Phi) is 6.19. The molecular formula is C15H26N4. The molecule has 19 heavy (non-hydrogen) atoms. The van der Waals surface area contributed by atoms with Crippen LogP contribution >= 0.6 is 0 Å². The summed E-state index contributed by atoms with van der Waals surface area (Å²) in [5.41, 5.74) is 3.82. The second-order valence-electron chi connectivity index (χ2n) is 4.86. The quantitative estimate of drug-likeness (QED) is 0.631. The molecule has 1 aromatic rings. The van der Waals surface area contributed by atoms with E-state index in [4.69, 9.17) is 0 Å². The Hall–Kier alpha value is -1.71. The molecule has 0 aromatic heterocycles. The van der Waals surface area contributed by atoms with E-state index in [1.165, 1.54) is 16.8 Å². The summed E-state index contributed by atoms with van der Waals surface area (Å²) in [4.78, 5) is 6.32. The third kappa shape index (κ3) is 4.81. The molecule has 1 aromatic carbocycles. The van der Waals surface area contributed by atoms with Gasteiger partial charge in [0.1, 0.15) is 0 Å². The van der Waals surface area contributed by atoms with Crippen molar-refractivity contribution in [2.45, 2.75) is 26.8 Å². The van der Waals surface area contributed by atoms with Gasteiger partial charge in [-0.3, -0.25) is 4.99 Å². The maximum atomic E-state index is 4.20. The Balaban J connectivity index is 2.62. The molecule has 0 amide bonds. The van der Waals surface area contributed by atoms with Crippen molar-refractivity contribution in [2.75, 3.05) is 32.6 Å². The lowest BCUT2D eigenvalue weighted by Gasteiger charge is -2.16. The highest BCUT2D eigenvalue weighted by atomic mass is 15.2. The number of nitrogens with zero attached hydrogens (tertiary/aromatic N) is 2. The highest BCUT2D eigenvalue weighted by Gasteiger charge is 2.03. The first-order valence-electron chi connectivity index (χ1n) is 6.79. The Morgan fingerprint density at radius 2 is 2.00 bits per heavy atom. The Labute approximate surface area is 116 Å². The van der Waals surface area contributed by atoms with Crippen LogP contribution in [0.15, 0.2) is 23.2 Å². The summed E-state index contributed by atoms with van der Waals surface area (Å²) in [6.45, 7) is 6.03. The van der Waals surface area contributed by atoms with Gasteiger partial charge in [-0.25, -0.2) is 0 Å². The summed E-state index contributed by atoms with van der Waals surface area (Å²) in [5, 5.41) is 6.60. The van der Waals surface area contributed by atoms with E-state index < -0.39 is 0 Å². The van der Waals surface area contributed by atoms with E-state index in [9.17, 15) is 0 Å². The first kappa shape index (κ1) is 15.3. The molecular weight excluding hydrogens is 236 g/mol. The van der Waals surface area contributed by atoms with Gasteiger partial charge >= 0.3 is 0 Å². The van der Waals surface area contributed by atoms with E-state index in [-0.39, 0.29) is 0 Å². The van der Waals surface area contributed by atoms with E-state index in [1.807, 2.05) is 0 Å². The maximum absolute atomic E-state index is 4.20. The molecule has 0 atom stereocenters. The fraction of sp³-hybridized carbons (Fsp3) is 0.533. The zero-order valence-corrected chi connectivity index (χ0v) is 12.7. The van der Waals surface area contributed by atoms with Gasteiger partial charge in [0, 0.05) is 39.9 Å². The standard InChI is InChI=1S/C15H26N4/c1-6-9-17-15(16-3)18-11-13-7-8-14(19(4)5)10-12(13)2/h7-8,10H,6,9,11H2,1-5H3,(H2,16,17,18). The topological polar surface area (TPSA) is 39.7 Å². The van der Waals surface area contributed by atoms with Crippen LogP contribution in [0.1, 0.15) is 24.5 Å². The molecule has 0 saturated carbocycles. The van der Waals surface area contributed by atoms with Crippen molar-refractivity contribution in [3.05, 3.63) is 29.3 Å². The van der Waals surface area contributed by atoms with Gasteiger partial charge in [0.25, 0.3) is 0 Å². The van der Waals surface area contributed by atoms with E-state index >= 15 is 0 Å². The van der Waals surface area contributed by atoms with Crippen LogP contribution in [0, 0.1) is 6.92 Å². The van der Waals surface area contributed by atoms with Crippen LogP contribution in [-0.2, 0) is 6.54 Å². The first-order valence-corrected chi connectivity index (χ1v) is 6.79. The summed E-state index contributed by atoms with van der Waals surface area (Å²) >= 11 is 0. The maximum Gasteiger partial charge on any atom is 0.191 e. The number of rotatable bonds is 5. The van der Waals surface area contributed by atoms with Crippen LogP contribution < -0.4 is 15.5 Å². The lowest BCUT2D eigenvalue weighted by atomic mass is 10.1. The second kappa shape index (κ2) is 7.67. The summed E-state index contributed by atoms with van der Waals surface area (Å²) in [6.07, 6.45) is 1.09. The molecule has 1 rings (SSSR count). The van der Waals surface area contributed by atoms with Gasteiger partial charge < -0.3 is 15.5 Å². The van der Waals surface area contributed by atoms with Gasteiger partial charge in [-0.1, -0.05) is 13.0 Å². The summed E-state index contributed by atoms with van der Waals surface area (Å²) in [7, 11) is 5.92. The van der Waals surface area contributed by atoms with Crippen molar-refractivity contribution in [3.8, 4) is 0 Å². The predicted octanol–water partition coefficient (Wildman–Crippen LogP) is 2.14. The van der Waals surface area contributed by atoms with Crippen LogP contribution in [0.3, 0.4) is 0 Å². The third-order valence-corrected chi connectivity index (χ3v) is 3.05. The van der Waals surface area contributed by atoms with E-state index in [0.717, 1.165) is 25.5 Å². The largest absolute Gasteiger partial charge is 0.378 e. The lowest BCUT2D eigenvalue weighted by Crippen LogP contribution is -2.37. The number of benzene rings is 1. The molecule has 0 unspecified atom stereocenters. The zero-order chi connectivity index (χ0) is 14.3. The Morgan fingerprint density at radius 3 is 2.53 bits per heavy atom. The minimum absolute atomic E-state index is 0.795. The monoisotopic (exact) mass is 262 g/mol. The molecule has 0 aliphatic rings. The fourth-order valence-corrected chi connectivity index (χ4v) is 1.80.